The van der Waals surface area contributed by atoms with E-state index in [1.54, 1.807) is 24.3 Å². The van der Waals surface area contributed by atoms with Gasteiger partial charge in [-0.2, -0.15) is 0 Å². The minimum Gasteiger partial charge on any atom is -0.394 e. The molecule has 2 N–H and O–H groups in total. The van der Waals surface area contributed by atoms with Crippen LogP contribution < -0.4 is 0 Å². The maximum Gasteiger partial charge on any atom is 0.162 e. The lowest BCUT2D eigenvalue weighted by Crippen LogP contribution is -2.33. The molecule has 2 aromatic carbocycles. The Labute approximate surface area is 181 Å². The number of rotatable bonds is 5. The van der Waals surface area contributed by atoms with Crippen molar-refractivity contribution in [3.8, 4) is 0 Å². The molecule has 1 heterocycles. The molecule has 30 heavy (non-hydrogen) atoms. The van der Waals surface area contributed by atoms with Crippen LogP contribution in [0.3, 0.4) is 0 Å². The summed E-state index contributed by atoms with van der Waals surface area (Å²) in [5.41, 5.74) is 2.19. The predicted molar refractivity (Wildman–Crippen MR) is 114 cm³/mol. The minimum absolute atomic E-state index is 0.143. The van der Waals surface area contributed by atoms with Gasteiger partial charge in [-0.3, -0.25) is 0 Å². The first-order chi connectivity index (χ1) is 14.5. The van der Waals surface area contributed by atoms with Crippen LogP contribution in [0.1, 0.15) is 73.8 Å². The van der Waals surface area contributed by atoms with E-state index in [0.29, 0.717) is 29.0 Å². The van der Waals surface area contributed by atoms with Crippen molar-refractivity contribution in [2.45, 2.75) is 70.2 Å². The van der Waals surface area contributed by atoms with Crippen molar-refractivity contribution in [1.29, 1.82) is 0 Å². The normalized spacial score (nSPS) is 23.6. The fourth-order valence-electron chi connectivity index (χ4n) is 3.91. The van der Waals surface area contributed by atoms with Gasteiger partial charge in [-0.1, -0.05) is 49.7 Å². The molecule has 164 valence electrons. The van der Waals surface area contributed by atoms with Gasteiger partial charge < -0.3 is 14.9 Å². The standard InChI is InChI=1S/C22H23ClF2O3.C2H6/c23-19-6-4-13(20-10-16(27)9-17(11-26)28-20)7-15(19)8-14-3-5-18(12-1-2-12)22(25)21(14)24;1-2/h3-7,12,16-17,20,26-27H,1-2,8-11H2;1-2H3/t16-,17-,20+;/m0./s1. The molecule has 2 aromatic rings. The molecule has 0 radical (unpaired) electrons. The van der Waals surface area contributed by atoms with Crippen molar-refractivity contribution >= 4 is 11.6 Å². The van der Waals surface area contributed by atoms with Crippen LogP contribution in [-0.4, -0.2) is 29.0 Å². The van der Waals surface area contributed by atoms with Gasteiger partial charge >= 0.3 is 0 Å². The van der Waals surface area contributed by atoms with E-state index in [9.17, 15) is 19.0 Å². The highest BCUT2D eigenvalue weighted by molar-refractivity contribution is 6.31. The van der Waals surface area contributed by atoms with Gasteiger partial charge in [0.25, 0.3) is 0 Å². The van der Waals surface area contributed by atoms with Crippen molar-refractivity contribution in [1.82, 2.24) is 0 Å². The number of benzene rings is 2. The maximum absolute atomic E-state index is 14.6. The highest BCUT2D eigenvalue weighted by Gasteiger charge is 2.30. The average Bonchev–Trinajstić information content (AvgIpc) is 3.59. The molecule has 1 saturated carbocycles. The summed E-state index contributed by atoms with van der Waals surface area (Å²) in [5, 5.41) is 19.9. The Morgan fingerprint density at radius 2 is 1.77 bits per heavy atom. The Morgan fingerprint density at radius 3 is 2.43 bits per heavy atom. The van der Waals surface area contributed by atoms with Gasteiger partial charge in [0.1, 0.15) is 0 Å². The largest absolute Gasteiger partial charge is 0.394 e. The summed E-state index contributed by atoms with van der Waals surface area (Å²) in [5.74, 6) is -1.42. The van der Waals surface area contributed by atoms with E-state index in [1.807, 2.05) is 19.9 Å². The number of hydrogen-bond donors (Lipinski definition) is 2. The molecule has 0 aromatic heterocycles. The third-order valence-corrected chi connectivity index (χ3v) is 5.98. The zero-order valence-corrected chi connectivity index (χ0v) is 18.1. The van der Waals surface area contributed by atoms with Gasteiger partial charge in [-0.25, -0.2) is 8.78 Å². The summed E-state index contributed by atoms with van der Waals surface area (Å²) >= 11 is 6.31. The Kier molecular flexibility index (Phi) is 7.86. The summed E-state index contributed by atoms with van der Waals surface area (Å²) in [7, 11) is 0. The SMILES string of the molecule is CC.OC[C@@H]1C[C@H](O)C[C@H](c2ccc(Cl)c(Cc3ccc(C4CC4)c(F)c3F)c2)O1. The molecule has 2 fully saturated rings. The molecule has 0 bridgehead atoms. The van der Waals surface area contributed by atoms with Gasteiger partial charge in [-0.15, -0.1) is 0 Å². The Balaban J connectivity index is 0.00000124. The fraction of sp³-hybridized carbons (Fsp3) is 0.500. The van der Waals surface area contributed by atoms with Gasteiger partial charge in [-0.05, 0) is 47.1 Å². The molecule has 3 nitrogen and oxygen atoms in total. The molecule has 4 rings (SSSR count). The van der Waals surface area contributed by atoms with Crippen LogP contribution >= 0.6 is 11.6 Å². The number of halogens is 3. The second-order valence-corrected chi connectivity index (χ2v) is 8.21. The molecule has 6 heteroatoms. The monoisotopic (exact) mass is 438 g/mol. The van der Waals surface area contributed by atoms with Gasteiger partial charge in [0, 0.05) is 24.3 Å². The molecule has 3 atom stereocenters. The van der Waals surface area contributed by atoms with Crippen LogP contribution in [0.15, 0.2) is 30.3 Å². The predicted octanol–water partition coefficient (Wildman–Crippen LogP) is 5.69. The lowest BCUT2D eigenvalue weighted by Gasteiger charge is -2.32. The third kappa shape index (κ3) is 5.20. The molecule has 1 aliphatic carbocycles. The smallest absolute Gasteiger partial charge is 0.162 e. The molecule has 0 unspecified atom stereocenters. The molecule has 0 spiro atoms. The zero-order chi connectivity index (χ0) is 21.8. The lowest BCUT2D eigenvalue weighted by molar-refractivity contribution is -0.113. The average molecular weight is 439 g/mol. The van der Waals surface area contributed by atoms with Crippen molar-refractivity contribution in [3.05, 3.63) is 69.2 Å². The zero-order valence-electron chi connectivity index (χ0n) is 17.4. The van der Waals surface area contributed by atoms with Crippen molar-refractivity contribution in [3.63, 3.8) is 0 Å². The van der Waals surface area contributed by atoms with Crippen LogP contribution in [-0.2, 0) is 11.2 Å². The van der Waals surface area contributed by atoms with E-state index in [0.717, 1.165) is 18.4 Å². The summed E-state index contributed by atoms with van der Waals surface area (Å²) in [6.07, 6.45) is 1.43. The summed E-state index contributed by atoms with van der Waals surface area (Å²) in [6.45, 7) is 3.84. The summed E-state index contributed by atoms with van der Waals surface area (Å²) < 4.78 is 34.8. The first kappa shape index (κ1) is 23.1. The molecule has 0 amide bonds. The van der Waals surface area contributed by atoms with E-state index < -0.39 is 23.8 Å². The molecule has 2 aliphatic rings. The summed E-state index contributed by atoms with van der Waals surface area (Å²) in [4.78, 5) is 0. The fourth-order valence-corrected chi connectivity index (χ4v) is 4.09. The number of hydrogen-bond acceptors (Lipinski definition) is 3. The van der Waals surface area contributed by atoms with Crippen LogP contribution in [0.4, 0.5) is 8.78 Å². The minimum atomic E-state index is -0.810. The second-order valence-electron chi connectivity index (χ2n) is 7.80. The first-order valence-corrected chi connectivity index (χ1v) is 11.0. The topological polar surface area (TPSA) is 49.7 Å². The maximum atomic E-state index is 14.6. The molecule has 1 aliphatic heterocycles. The highest BCUT2D eigenvalue weighted by Crippen LogP contribution is 2.42. The van der Waals surface area contributed by atoms with Gasteiger partial charge in [0.15, 0.2) is 11.6 Å². The van der Waals surface area contributed by atoms with Crippen LogP contribution in [0.5, 0.6) is 0 Å². The van der Waals surface area contributed by atoms with Crippen LogP contribution in [0.25, 0.3) is 0 Å². The number of ether oxygens (including phenoxy) is 1. The van der Waals surface area contributed by atoms with E-state index >= 15 is 0 Å². The summed E-state index contributed by atoms with van der Waals surface area (Å²) in [6, 6.07) is 8.63. The number of aliphatic hydroxyl groups is 2. The highest BCUT2D eigenvalue weighted by atomic mass is 35.5. The van der Waals surface area contributed by atoms with Crippen molar-refractivity contribution < 1.29 is 23.7 Å². The first-order valence-electron chi connectivity index (χ1n) is 10.7. The second kappa shape index (κ2) is 10.2. The van der Waals surface area contributed by atoms with Crippen LogP contribution in [0.2, 0.25) is 5.02 Å². The molecule has 1 saturated heterocycles. The van der Waals surface area contributed by atoms with Crippen LogP contribution in [0, 0.1) is 11.6 Å². The number of aliphatic hydroxyl groups excluding tert-OH is 2. The van der Waals surface area contributed by atoms with E-state index in [4.69, 9.17) is 16.3 Å². The Morgan fingerprint density at radius 1 is 1.03 bits per heavy atom. The van der Waals surface area contributed by atoms with Gasteiger partial charge in [0.05, 0.1) is 24.9 Å². The molecular weight excluding hydrogens is 410 g/mol. The Hall–Kier alpha value is -1.53. The van der Waals surface area contributed by atoms with Crippen molar-refractivity contribution in [2.75, 3.05) is 6.61 Å². The van der Waals surface area contributed by atoms with E-state index in [2.05, 4.69) is 0 Å². The van der Waals surface area contributed by atoms with E-state index in [-0.39, 0.29) is 30.6 Å². The van der Waals surface area contributed by atoms with E-state index in [1.165, 1.54) is 0 Å². The third-order valence-electron chi connectivity index (χ3n) is 5.61. The van der Waals surface area contributed by atoms with Crippen molar-refractivity contribution in [2.24, 2.45) is 0 Å². The quantitative estimate of drug-likeness (QED) is 0.630. The molecular formula is C24H29ClF2O3. The van der Waals surface area contributed by atoms with Gasteiger partial charge in [0.2, 0.25) is 0 Å². The lowest BCUT2D eigenvalue weighted by atomic mass is 9.93. The Bertz CT molecular complexity index is 870.